The molecule has 0 saturated carbocycles. The highest BCUT2D eigenvalue weighted by molar-refractivity contribution is 7.11. The van der Waals surface area contributed by atoms with E-state index in [2.05, 4.69) is 11.9 Å². The van der Waals surface area contributed by atoms with E-state index in [0.29, 0.717) is 18.1 Å². The minimum absolute atomic E-state index is 0.0414. The van der Waals surface area contributed by atoms with E-state index in [4.69, 9.17) is 9.72 Å². The second-order valence-corrected chi connectivity index (χ2v) is 7.45. The number of nitrogens with zero attached hydrogens (tertiary/aromatic N) is 3. The van der Waals surface area contributed by atoms with Crippen LogP contribution in [0.3, 0.4) is 0 Å². The van der Waals surface area contributed by atoms with Crippen molar-refractivity contribution >= 4 is 17.2 Å². The van der Waals surface area contributed by atoms with Gasteiger partial charge >= 0.3 is 0 Å². The lowest BCUT2D eigenvalue weighted by Gasteiger charge is -2.31. The van der Waals surface area contributed by atoms with Crippen LogP contribution in [0, 0.1) is 6.92 Å². The Morgan fingerprint density at radius 1 is 1.36 bits per heavy atom. The Kier molecular flexibility index (Phi) is 5.37. The zero-order valence-corrected chi connectivity index (χ0v) is 16.2. The molecule has 0 bridgehead atoms. The number of amides is 1. The van der Waals surface area contributed by atoms with E-state index in [1.807, 2.05) is 37.9 Å². The summed E-state index contributed by atoms with van der Waals surface area (Å²) in [5.41, 5.74) is 2.55. The van der Waals surface area contributed by atoms with Gasteiger partial charge in [-0.2, -0.15) is 0 Å². The first-order valence-corrected chi connectivity index (χ1v) is 9.72. The van der Waals surface area contributed by atoms with E-state index < -0.39 is 0 Å². The van der Waals surface area contributed by atoms with Gasteiger partial charge in [-0.05, 0) is 51.7 Å². The van der Waals surface area contributed by atoms with Crippen molar-refractivity contribution in [2.75, 3.05) is 13.7 Å². The molecule has 0 spiro atoms. The summed E-state index contributed by atoms with van der Waals surface area (Å²) in [6, 6.07) is 3.77. The van der Waals surface area contributed by atoms with Gasteiger partial charge in [-0.1, -0.05) is 6.92 Å². The first-order chi connectivity index (χ1) is 12.0. The van der Waals surface area contributed by atoms with Crippen molar-refractivity contribution in [3.05, 3.63) is 39.0 Å². The van der Waals surface area contributed by atoms with Gasteiger partial charge in [0.05, 0.1) is 28.2 Å². The van der Waals surface area contributed by atoms with Gasteiger partial charge in [0.25, 0.3) is 5.91 Å². The van der Waals surface area contributed by atoms with Gasteiger partial charge in [-0.15, -0.1) is 11.3 Å². The van der Waals surface area contributed by atoms with Crippen LogP contribution in [0.25, 0.3) is 0 Å². The Hall–Kier alpha value is -1.95. The summed E-state index contributed by atoms with van der Waals surface area (Å²) in [6.45, 7) is 6.42. The summed E-state index contributed by atoms with van der Waals surface area (Å²) in [6.07, 6.45) is 4.00. The molecule has 0 aromatic carbocycles. The third-order valence-electron chi connectivity index (χ3n) is 4.57. The maximum atomic E-state index is 13.1. The fourth-order valence-electron chi connectivity index (χ4n) is 3.24. The highest BCUT2D eigenvalue weighted by atomic mass is 32.1. The maximum absolute atomic E-state index is 13.1. The quantitative estimate of drug-likeness (QED) is 0.811. The smallest absolute Gasteiger partial charge is 0.259 e. The fourth-order valence-corrected chi connectivity index (χ4v) is 4.47. The Morgan fingerprint density at radius 2 is 2.16 bits per heavy atom. The van der Waals surface area contributed by atoms with Crippen LogP contribution in [0.1, 0.15) is 64.4 Å². The van der Waals surface area contributed by atoms with E-state index in [1.54, 1.807) is 11.3 Å². The molecule has 2 aromatic heterocycles. The Morgan fingerprint density at radius 3 is 2.88 bits per heavy atom. The van der Waals surface area contributed by atoms with Crippen LogP contribution < -0.4 is 4.74 Å². The van der Waals surface area contributed by atoms with Gasteiger partial charge in [-0.3, -0.25) is 4.79 Å². The molecule has 0 saturated heterocycles. The number of hydrogen-bond donors (Lipinski definition) is 0. The average Bonchev–Trinajstić information content (AvgIpc) is 3.04. The van der Waals surface area contributed by atoms with Gasteiger partial charge in [0.2, 0.25) is 5.88 Å². The molecule has 1 unspecified atom stereocenters. The van der Waals surface area contributed by atoms with Crippen molar-refractivity contribution in [2.45, 2.75) is 52.5 Å². The summed E-state index contributed by atoms with van der Waals surface area (Å²) in [5.74, 6) is 0.384. The van der Waals surface area contributed by atoms with Crippen LogP contribution in [0.5, 0.6) is 5.88 Å². The lowest BCUT2D eigenvalue weighted by molar-refractivity contribution is 0.0712. The van der Waals surface area contributed by atoms with Crippen LogP contribution in [0.15, 0.2) is 12.1 Å². The number of hydrogen-bond acceptors (Lipinski definition) is 5. The predicted octanol–water partition coefficient (Wildman–Crippen LogP) is 3.96. The van der Waals surface area contributed by atoms with E-state index in [-0.39, 0.29) is 11.9 Å². The second kappa shape index (κ2) is 7.52. The summed E-state index contributed by atoms with van der Waals surface area (Å²) in [4.78, 5) is 25.3. The standard InChI is InChI=1S/C19H25N3O2S/c1-5-16-21-14-8-7-9-15(17(14)25-16)22(4)19(23)13-11-10-12(3)20-18(13)24-6-2/h10-11,15H,5-9H2,1-4H3. The number of aryl methyl sites for hydroxylation is 3. The van der Waals surface area contributed by atoms with E-state index in [0.717, 1.165) is 36.4 Å². The first kappa shape index (κ1) is 17.9. The normalized spacial score (nSPS) is 16.4. The first-order valence-electron chi connectivity index (χ1n) is 8.91. The zero-order valence-electron chi connectivity index (χ0n) is 15.3. The van der Waals surface area contributed by atoms with E-state index in [1.165, 1.54) is 10.6 Å². The number of carbonyl (C=O) groups excluding carboxylic acids is 1. The minimum atomic E-state index is -0.0414. The molecule has 5 nitrogen and oxygen atoms in total. The number of rotatable bonds is 5. The van der Waals surface area contributed by atoms with Crippen molar-refractivity contribution in [3.63, 3.8) is 0 Å². The van der Waals surface area contributed by atoms with Crippen molar-refractivity contribution in [2.24, 2.45) is 0 Å². The topological polar surface area (TPSA) is 55.3 Å². The molecule has 0 aliphatic heterocycles. The van der Waals surface area contributed by atoms with Crippen molar-refractivity contribution in [1.29, 1.82) is 0 Å². The van der Waals surface area contributed by atoms with Gasteiger partial charge in [0.1, 0.15) is 5.56 Å². The second-order valence-electron chi connectivity index (χ2n) is 6.33. The number of pyridine rings is 1. The molecular formula is C19H25N3O2S. The van der Waals surface area contributed by atoms with Crippen LogP contribution >= 0.6 is 11.3 Å². The van der Waals surface area contributed by atoms with Crippen molar-refractivity contribution < 1.29 is 9.53 Å². The maximum Gasteiger partial charge on any atom is 0.259 e. The molecule has 25 heavy (non-hydrogen) atoms. The molecule has 2 heterocycles. The van der Waals surface area contributed by atoms with Crippen LogP contribution in [0.2, 0.25) is 0 Å². The molecular weight excluding hydrogens is 334 g/mol. The molecule has 1 amide bonds. The summed E-state index contributed by atoms with van der Waals surface area (Å²) in [7, 11) is 1.88. The predicted molar refractivity (Wildman–Crippen MR) is 99.4 cm³/mol. The molecule has 134 valence electrons. The Labute approximate surface area is 153 Å². The number of aromatic nitrogens is 2. The lowest BCUT2D eigenvalue weighted by Crippen LogP contribution is -2.33. The molecule has 1 aliphatic rings. The highest BCUT2D eigenvalue weighted by Crippen LogP contribution is 2.38. The minimum Gasteiger partial charge on any atom is -0.477 e. The molecule has 1 aliphatic carbocycles. The molecule has 0 fully saturated rings. The number of ether oxygens (including phenoxy) is 1. The lowest BCUT2D eigenvalue weighted by atomic mass is 9.96. The molecule has 0 N–H and O–H groups in total. The van der Waals surface area contributed by atoms with Crippen molar-refractivity contribution in [1.82, 2.24) is 14.9 Å². The molecule has 2 aromatic rings. The van der Waals surface area contributed by atoms with Gasteiger partial charge in [-0.25, -0.2) is 9.97 Å². The Bertz CT molecular complexity index is 772. The summed E-state index contributed by atoms with van der Waals surface area (Å²) in [5, 5.41) is 1.16. The van der Waals surface area contributed by atoms with Crippen LogP contribution in [0.4, 0.5) is 0 Å². The highest BCUT2D eigenvalue weighted by Gasteiger charge is 2.31. The SMILES string of the molecule is CCOc1nc(C)ccc1C(=O)N(C)C1CCCc2nc(CC)sc21. The third kappa shape index (κ3) is 3.54. The van der Waals surface area contributed by atoms with Gasteiger partial charge < -0.3 is 9.64 Å². The van der Waals surface area contributed by atoms with Crippen molar-refractivity contribution in [3.8, 4) is 5.88 Å². The largest absolute Gasteiger partial charge is 0.477 e. The van der Waals surface area contributed by atoms with E-state index >= 15 is 0 Å². The number of thiazole rings is 1. The molecule has 0 radical (unpaired) electrons. The average molecular weight is 359 g/mol. The molecule has 6 heteroatoms. The number of carbonyl (C=O) groups is 1. The van der Waals surface area contributed by atoms with Crippen LogP contribution in [-0.2, 0) is 12.8 Å². The molecule has 1 atom stereocenters. The Balaban J connectivity index is 1.90. The zero-order chi connectivity index (χ0) is 18.0. The molecule has 3 rings (SSSR count). The van der Waals surface area contributed by atoms with Crippen LogP contribution in [-0.4, -0.2) is 34.4 Å². The summed E-state index contributed by atoms with van der Waals surface area (Å²) < 4.78 is 5.60. The fraction of sp³-hybridized carbons (Fsp3) is 0.526. The van der Waals surface area contributed by atoms with E-state index in [9.17, 15) is 4.79 Å². The monoisotopic (exact) mass is 359 g/mol. The number of fused-ring (bicyclic) bond motifs is 1. The van der Waals surface area contributed by atoms with Gasteiger partial charge in [0.15, 0.2) is 0 Å². The summed E-state index contributed by atoms with van der Waals surface area (Å²) >= 11 is 1.75. The van der Waals surface area contributed by atoms with Gasteiger partial charge in [0, 0.05) is 12.7 Å². The third-order valence-corrected chi connectivity index (χ3v) is 5.91.